The predicted octanol–water partition coefficient (Wildman–Crippen LogP) is 2.41. The van der Waals surface area contributed by atoms with Crippen molar-refractivity contribution in [2.45, 2.75) is 20.3 Å². The molecule has 0 aromatic heterocycles. The van der Waals surface area contributed by atoms with Crippen molar-refractivity contribution in [2.75, 3.05) is 57.3 Å². The maximum absolute atomic E-state index is 11.5. The molecule has 3 rings (SSSR count). The van der Waals surface area contributed by atoms with E-state index in [1.807, 2.05) is 4.90 Å². The van der Waals surface area contributed by atoms with Gasteiger partial charge in [-0.25, -0.2) is 0 Å². The summed E-state index contributed by atoms with van der Waals surface area (Å²) >= 11 is 3.56. The molecule has 7 heteroatoms. The highest BCUT2D eigenvalue weighted by molar-refractivity contribution is 9.10. The van der Waals surface area contributed by atoms with Gasteiger partial charge in [0.1, 0.15) is 0 Å². The second-order valence-corrected chi connectivity index (χ2v) is 8.18. The lowest BCUT2D eigenvalue weighted by Gasteiger charge is -2.36. The lowest BCUT2D eigenvalue weighted by Crippen LogP contribution is -2.53. The van der Waals surface area contributed by atoms with E-state index in [1.54, 1.807) is 6.92 Å². The first kappa shape index (κ1) is 20.0. The fourth-order valence-corrected chi connectivity index (χ4v) is 4.15. The monoisotopic (exact) mass is 435 g/mol. The average molecular weight is 436 g/mol. The first-order valence-corrected chi connectivity index (χ1v) is 10.7. The number of carbonyl (C=O) groups is 1. The van der Waals surface area contributed by atoms with Crippen LogP contribution >= 0.6 is 15.9 Å². The van der Waals surface area contributed by atoms with Crippen LogP contribution in [-0.2, 0) is 4.79 Å². The number of hydrogen-bond acceptors (Lipinski definition) is 3. The minimum absolute atomic E-state index is 0.162. The molecule has 1 aromatic rings. The molecule has 0 saturated carbocycles. The van der Waals surface area contributed by atoms with Gasteiger partial charge < -0.3 is 20.0 Å². The minimum Gasteiger partial charge on any atom is -0.371 e. The fourth-order valence-electron chi connectivity index (χ4n) is 3.76. The third-order valence-corrected chi connectivity index (χ3v) is 5.81. The van der Waals surface area contributed by atoms with E-state index in [2.05, 4.69) is 62.2 Å². The third-order valence-electron chi connectivity index (χ3n) is 5.32. The molecule has 0 spiro atoms. The number of piperazine rings is 1. The Morgan fingerprint density at radius 1 is 1.22 bits per heavy atom. The molecule has 2 fully saturated rings. The van der Waals surface area contributed by atoms with Crippen molar-refractivity contribution < 1.29 is 4.79 Å². The van der Waals surface area contributed by atoms with Crippen molar-refractivity contribution in [1.82, 2.24) is 15.1 Å². The van der Waals surface area contributed by atoms with Crippen LogP contribution in [0.5, 0.6) is 0 Å². The second-order valence-electron chi connectivity index (χ2n) is 7.27. The van der Waals surface area contributed by atoms with Crippen molar-refractivity contribution in [2.24, 2.45) is 10.9 Å². The highest BCUT2D eigenvalue weighted by atomic mass is 79.9. The Morgan fingerprint density at radius 2 is 1.96 bits per heavy atom. The van der Waals surface area contributed by atoms with Gasteiger partial charge in [-0.3, -0.25) is 9.79 Å². The van der Waals surface area contributed by atoms with Gasteiger partial charge in [0.25, 0.3) is 0 Å². The molecule has 1 atom stereocenters. The van der Waals surface area contributed by atoms with Gasteiger partial charge in [-0.2, -0.15) is 0 Å². The molecular weight excluding hydrogens is 406 g/mol. The van der Waals surface area contributed by atoms with Crippen molar-refractivity contribution in [3.63, 3.8) is 0 Å². The third kappa shape index (κ3) is 5.37. The van der Waals surface area contributed by atoms with Gasteiger partial charge in [-0.1, -0.05) is 22.0 Å². The second kappa shape index (κ2) is 9.44. The largest absolute Gasteiger partial charge is 0.371 e. The summed E-state index contributed by atoms with van der Waals surface area (Å²) in [6.07, 6.45) is 1.17. The number of amides is 1. The molecule has 148 valence electrons. The quantitative estimate of drug-likeness (QED) is 0.582. The molecule has 6 nitrogen and oxygen atoms in total. The van der Waals surface area contributed by atoms with E-state index in [0.29, 0.717) is 5.92 Å². The fraction of sp³-hybridized carbons (Fsp3) is 0.600. The van der Waals surface area contributed by atoms with Crippen molar-refractivity contribution in [1.29, 1.82) is 0 Å². The number of guanidine groups is 1. The number of anilines is 1. The molecule has 2 saturated heterocycles. The standard InChI is InChI=1S/C20H30BrN5O/c1-3-22-20(25-11-9-24(10-12-25)16(2)27)23-14-17-7-8-26(15-17)19-6-4-5-18(21)13-19/h4-6,13,17H,3,7-12,14-15H2,1-2H3,(H,22,23). The number of nitrogens with zero attached hydrogens (tertiary/aromatic N) is 4. The van der Waals surface area contributed by atoms with Crippen LogP contribution in [0, 0.1) is 5.92 Å². The molecule has 0 aliphatic carbocycles. The van der Waals surface area contributed by atoms with Crippen molar-refractivity contribution >= 4 is 33.5 Å². The van der Waals surface area contributed by atoms with Gasteiger partial charge in [0.15, 0.2) is 5.96 Å². The Bertz CT molecular complexity index is 672. The summed E-state index contributed by atoms with van der Waals surface area (Å²) in [4.78, 5) is 23.1. The van der Waals surface area contributed by atoms with E-state index in [1.165, 1.54) is 12.1 Å². The molecule has 1 unspecified atom stereocenters. The summed E-state index contributed by atoms with van der Waals surface area (Å²) in [6, 6.07) is 8.52. The van der Waals surface area contributed by atoms with Crippen LogP contribution in [0.4, 0.5) is 5.69 Å². The average Bonchev–Trinajstić information content (AvgIpc) is 3.14. The van der Waals surface area contributed by atoms with Crippen LogP contribution in [0.25, 0.3) is 0 Å². The van der Waals surface area contributed by atoms with Crippen LogP contribution in [0.3, 0.4) is 0 Å². The Morgan fingerprint density at radius 3 is 2.63 bits per heavy atom. The van der Waals surface area contributed by atoms with E-state index >= 15 is 0 Å². The number of halogens is 1. The number of aliphatic imine (C=N–C) groups is 1. The molecule has 2 aliphatic rings. The normalized spacial score (nSPS) is 20.9. The topological polar surface area (TPSA) is 51.2 Å². The van der Waals surface area contributed by atoms with E-state index in [-0.39, 0.29) is 5.91 Å². The number of hydrogen-bond donors (Lipinski definition) is 1. The summed E-state index contributed by atoms with van der Waals surface area (Å²) in [5.74, 6) is 1.73. The molecule has 27 heavy (non-hydrogen) atoms. The van der Waals surface area contributed by atoms with Gasteiger partial charge in [0, 0.05) is 69.4 Å². The maximum atomic E-state index is 11.5. The van der Waals surface area contributed by atoms with Gasteiger partial charge in [-0.05, 0) is 37.5 Å². The van der Waals surface area contributed by atoms with Gasteiger partial charge in [0.05, 0.1) is 0 Å². The summed E-state index contributed by atoms with van der Waals surface area (Å²) in [7, 11) is 0. The first-order chi connectivity index (χ1) is 13.1. The highest BCUT2D eigenvalue weighted by Crippen LogP contribution is 2.26. The smallest absolute Gasteiger partial charge is 0.219 e. The van der Waals surface area contributed by atoms with Crippen LogP contribution in [0.15, 0.2) is 33.7 Å². The lowest BCUT2D eigenvalue weighted by molar-refractivity contribution is -0.130. The highest BCUT2D eigenvalue weighted by Gasteiger charge is 2.24. The van der Waals surface area contributed by atoms with Gasteiger partial charge >= 0.3 is 0 Å². The van der Waals surface area contributed by atoms with E-state index < -0.39 is 0 Å². The molecule has 1 N–H and O–H groups in total. The van der Waals surface area contributed by atoms with Crippen molar-refractivity contribution in [3.8, 4) is 0 Å². The SMILES string of the molecule is CCNC(=NCC1CCN(c2cccc(Br)c2)C1)N1CCN(C(C)=O)CC1. The molecule has 0 bridgehead atoms. The Labute approximate surface area is 170 Å². The summed E-state index contributed by atoms with van der Waals surface area (Å²) in [5.41, 5.74) is 1.28. The van der Waals surface area contributed by atoms with Gasteiger partial charge in [0.2, 0.25) is 5.91 Å². The van der Waals surface area contributed by atoms with Gasteiger partial charge in [-0.15, -0.1) is 0 Å². The Kier molecular flexibility index (Phi) is 6.99. The zero-order chi connectivity index (χ0) is 19.2. The number of rotatable bonds is 4. The number of nitrogens with one attached hydrogen (secondary N) is 1. The zero-order valence-corrected chi connectivity index (χ0v) is 17.9. The zero-order valence-electron chi connectivity index (χ0n) is 16.3. The summed E-state index contributed by atoms with van der Waals surface area (Å²) in [5, 5.41) is 3.42. The lowest BCUT2D eigenvalue weighted by atomic mass is 10.1. The van der Waals surface area contributed by atoms with Crippen LogP contribution in [-0.4, -0.2) is 74.0 Å². The van der Waals surface area contributed by atoms with E-state index in [4.69, 9.17) is 4.99 Å². The number of benzene rings is 1. The summed E-state index contributed by atoms with van der Waals surface area (Å²) in [6.45, 7) is 10.8. The van der Waals surface area contributed by atoms with Crippen LogP contribution in [0.1, 0.15) is 20.3 Å². The van der Waals surface area contributed by atoms with Crippen LogP contribution < -0.4 is 10.2 Å². The summed E-state index contributed by atoms with van der Waals surface area (Å²) < 4.78 is 1.13. The molecule has 2 heterocycles. The first-order valence-electron chi connectivity index (χ1n) is 9.86. The van der Waals surface area contributed by atoms with Crippen LogP contribution in [0.2, 0.25) is 0 Å². The molecule has 0 radical (unpaired) electrons. The molecule has 1 aromatic carbocycles. The van der Waals surface area contributed by atoms with E-state index in [0.717, 1.165) is 62.8 Å². The Hall–Kier alpha value is -1.76. The molecular formula is C20H30BrN5O. The molecule has 1 amide bonds. The predicted molar refractivity (Wildman–Crippen MR) is 114 cm³/mol. The maximum Gasteiger partial charge on any atom is 0.219 e. The minimum atomic E-state index is 0.162. The number of carbonyl (C=O) groups excluding carboxylic acids is 1. The Balaban J connectivity index is 1.55. The molecule has 2 aliphatic heterocycles. The van der Waals surface area contributed by atoms with Crippen molar-refractivity contribution in [3.05, 3.63) is 28.7 Å². The van der Waals surface area contributed by atoms with E-state index in [9.17, 15) is 4.79 Å².